The zero-order valence-corrected chi connectivity index (χ0v) is 15.0. The van der Waals surface area contributed by atoms with E-state index in [0.29, 0.717) is 0 Å². The molecule has 3 aromatic rings. The molecule has 4 heteroatoms. The summed E-state index contributed by atoms with van der Waals surface area (Å²) in [7, 11) is 3.50. The molecule has 0 saturated heterocycles. The molecule has 0 radical (unpaired) electrons. The van der Waals surface area contributed by atoms with E-state index in [0.717, 1.165) is 16.8 Å². The number of carbonyl (C=O) groups excluding carboxylic acids is 1. The third-order valence-electron chi connectivity index (χ3n) is 4.49. The van der Waals surface area contributed by atoms with Crippen molar-refractivity contribution in [2.75, 3.05) is 19.1 Å². The molecule has 4 nitrogen and oxygen atoms in total. The summed E-state index contributed by atoms with van der Waals surface area (Å²) in [6, 6.07) is 28.9. The summed E-state index contributed by atoms with van der Waals surface area (Å²) in [5.74, 6) is 6.55. The number of anilines is 1. The summed E-state index contributed by atoms with van der Waals surface area (Å²) in [6.07, 6.45) is 0. The monoisotopic (exact) mass is 345 g/mol. The van der Waals surface area contributed by atoms with Crippen LogP contribution in [0.3, 0.4) is 0 Å². The maximum Gasteiger partial charge on any atom is 0.258 e. The van der Waals surface area contributed by atoms with E-state index in [1.165, 1.54) is 0 Å². The Kier molecular flexibility index (Phi) is 5.05. The number of amides is 1. The quantitative estimate of drug-likeness (QED) is 0.569. The van der Waals surface area contributed by atoms with Gasteiger partial charge in [0.25, 0.3) is 5.91 Å². The van der Waals surface area contributed by atoms with E-state index >= 15 is 0 Å². The topological polar surface area (TPSA) is 49.6 Å². The van der Waals surface area contributed by atoms with Gasteiger partial charge in [-0.15, -0.1) is 0 Å². The Hall–Kier alpha value is -3.11. The number of carbonyl (C=O) groups is 1. The number of benzene rings is 3. The lowest BCUT2D eigenvalue weighted by Crippen LogP contribution is -2.60. The van der Waals surface area contributed by atoms with Crippen molar-refractivity contribution in [3.05, 3.63) is 102 Å². The number of rotatable bonds is 5. The predicted octanol–water partition coefficient (Wildman–Crippen LogP) is 3.40. The molecule has 0 unspecified atom stereocenters. The molecule has 0 fully saturated rings. The summed E-state index contributed by atoms with van der Waals surface area (Å²) >= 11 is 0. The standard InChI is InChI=1S/C22H23N3O/c1-24(2)21(26)22(18-12-6-3-7-13-18,19-14-8-4-9-15-19)25(23)20-16-10-5-11-17-20/h3-17H,23H2,1-2H3. The largest absolute Gasteiger partial charge is 0.346 e. The van der Waals surface area contributed by atoms with Gasteiger partial charge in [0.2, 0.25) is 0 Å². The van der Waals surface area contributed by atoms with Crippen molar-refractivity contribution in [3.63, 3.8) is 0 Å². The Morgan fingerprint density at radius 2 is 1.12 bits per heavy atom. The fourth-order valence-corrected chi connectivity index (χ4v) is 3.26. The van der Waals surface area contributed by atoms with Crippen molar-refractivity contribution < 1.29 is 4.79 Å². The van der Waals surface area contributed by atoms with Gasteiger partial charge in [-0.2, -0.15) is 0 Å². The Balaban J connectivity index is 2.34. The van der Waals surface area contributed by atoms with Crippen molar-refractivity contribution in [1.29, 1.82) is 0 Å². The van der Waals surface area contributed by atoms with Crippen LogP contribution < -0.4 is 10.9 Å². The van der Waals surface area contributed by atoms with Gasteiger partial charge < -0.3 is 4.90 Å². The molecule has 0 aromatic heterocycles. The maximum atomic E-state index is 13.6. The fourth-order valence-electron chi connectivity index (χ4n) is 3.26. The third kappa shape index (κ3) is 2.95. The zero-order chi connectivity index (χ0) is 18.6. The predicted molar refractivity (Wildman–Crippen MR) is 105 cm³/mol. The first-order chi connectivity index (χ1) is 12.6. The van der Waals surface area contributed by atoms with E-state index in [-0.39, 0.29) is 5.91 Å². The van der Waals surface area contributed by atoms with E-state index in [2.05, 4.69) is 0 Å². The zero-order valence-electron chi connectivity index (χ0n) is 15.0. The van der Waals surface area contributed by atoms with Gasteiger partial charge in [-0.05, 0) is 23.3 Å². The van der Waals surface area contributed by atoms with E-state index in [1.54, 1.807) is 24.0 Å². The minimum absolute atomic E-state index is 0.110. The number of nitrogens with two attached hydrogens (primary N) is 1. The van der Waals surface area contributed by atoms with Crippen molar-refractivity contribution in [3.8, 4) is 0 Å². The first-order valence-electron chi connectivity index (χ1n) is 8.51. The smallest absolute Gasteiger partial charge is 0.258 e. The average Bonchev–Trinajstić information content (AvgIpc) is 2.70. The van der Waals surface area contributed by atoms with Crippen LogP contribution in [-0.2, 0) is 10.3 Å². The maximum absolute atomic E-state index is 13.6. The third-order valence-corrected chi connectivity index (χ3v) is 4.49. The van der Waals surface area contributed by atoms with Crippen LogP contribution in [0.25, 0.3) is 0 Å². The number of para-hydroxylation sites is 1. The van der Waals surface area contributed by atoms with Crippen LogP contribution in [0, 0.1) is 0 Å². The van der Waals surface area contributed by atoms with E-state index < -0.39 is 5.54 Å². The molecule has 26 heavy (non-hydrogen) atoms. The molecular formula is C22H23N3O. The van der Waals surface area contributed by atoms with Gasteiger partial charge in [0, 0.05) is 14.1 Å². The Bertz CT molecular complexity index is 809. The second kappa shape index (κ2) is 7.42. The molecule has 0 aliphatic carbocycles. The van der Waals surface area contributed by atoms with Crippen LogP contribution >= 0.6 is 0 Å². The molecule has 0 atom stereocenters. The van der Waals surface area contributed by atoms with Gasteiger partial charge in [-0.1, -0.05) is 78.9 Å². The second-order valence-corrected chi connectivity index (χ2v) is 6.35. The highest BCUT2D eigenvalue weighted by atomic mass is 16.2. The van der Waals surface area contributed by atoms with Gasteiger partial charge >= 0.3 is 0 Å². The first-order valence-corrected chi connectivity index (χ1v) is 8.51. The number of nitrogens with zero attached hydrogens (tertiary/aromatic N) is 2. The molecule has 0 aliphatic heterocycles. The molecule has 0 heterocycles. The molecule has 0 saturated carbocycles. The minimum Gasteiger partial charge on any atom is -0.346 e. The van der Waals surface area contributed by atoms with Crippen molar-refractivity contribution in [2.45, 2.75) is 5.54 Å². The van der Waals surface area contributed by atoms with Gasteiger partial charge in [0.15, 0.2) is 5.54 Å². The molecule has 1 amide bonds. The SMILES string of the molecule is CN(C)C(=O)C(c1ccccc1)(c1ccccc1)N(N)c1ccccc1. The second-order valence-electron chi connectivity index (χ2n) is 6.35. The number of likely N-dealkylation sites (N-methyl/N-ethyl adjacent to an activating group) is 1. The molecule has 0 bridgehead atoms. The minimum atomic E-state index is -1.17. The van der Waals surface area contributed by atoms with Crippen molar-refractivity contribution in [2.24, 2.45) is 5.84 Å². The first kappa shape index (κ1) is 17.7. The molecule has 0 aliphatic rings. The fraction of sp³-hybridized carbons (Fsp3) is 0.136. The summed E-state index contributed by atoms with van der Waals surface area (Å²) in [5.41, 5.74) is 1.22. The highest BCUT2D eigenvalue weighted by Gasteiger charge is 2.47. The van der Waals surface area contributed by atoms with Crippen LogP contribution in [0.5, 0.6) is 0 Å². The Morgan fingerprint density at radius 1 is 0.731 bits per heavy atom. The number of hydrogen-bond donors (Lipinski definition) is 1. The Morgan fingerprint density at radius 3 is 1.50 bits per heavy atom. The lowest BCUT2D eigenvalue weighted by Gasteiger charge is -2.43. The molecule has 132 valence electrons. The van der Waals surface area contributed by atoms with Gasteiger partial charge in [-0.25, -0.2) is 5.84 Å². The van der Waals surface area contributed by atoms with Gasteiger partial charge in [-0.3, -0.25) is 9.80 Å². The van der Waals surface area contributed by atoms with Crippen LogP contribution in [-0.4, -0.2) is 24.9 Å². The van der Waals surface area contributed by atoms with Crippen LogP contribution in [0.4, 0.5) is 5.69 Å². The molecule has 0 spiro atoms. The van der Waals surface area contributed by atoms with Crippen LogP contribution in [0.15, 0.2) is 91.0 Å². The Labute approximate surface area is 154 Å². The molecule has 3 rings (SSSR count). The van der Waals surface area contributed by atoms with E-state index in [9.17, 15) is 4.79 Å². The number of hydrogen-bond acceptors (Lipinski definition) is 3. The lowest BCUT2D eigenvalue weighted by atomic mass is 9.80. The van der Waals surface area contributed by atoms with E-state index in [1.807, 2.05) is 91.0 Å². The van der Waals surface area contributed by atoms with Gasteiger partial charge in [0.1, 0.15) is 0 Å². The average molecular weight is 345 g/mol. The molecular weight excluding hydrogens is 322 g/mol. The van der Waals surface area contributed by atoms with Gasteiger partial charge in [0.05, 0.1) is 5.69 Å². The summed E-state index contributed by atoms with van der Waals surface area (Å²) in [5, 5.41) is 1.57. The highest BCUT2D eigenvalue weighted by molar-refractivity contribution is 5.94. The molecule has 3 aromatic carbocycles. The summed E-state index contributed by atoms with van der Waals surface area (Å²) in [6.45, 7) is 0. The summed E-state index contributed by atoms with van der Waals surface area (Å²) in [4.78, 5) is 15.2. The summed E-state index contributed by atoms with van der Waals surface area (Å²) < 4.78 is 0. The van der Waals surface area contributed by atoms with Crippen LogP contribution in [0.2, 0.25) is 0 Å². The lowest BCUT2D eigenvalue weighted by molar-refractivity contribution is -0.133. The number of hydrazine groups is 1. The normalized spacial score (nSPS) is 11.0. The van der Waals surface area contributed by atoms with Crippen LogP contribution in [0.1, 0.15) is 11.1 Å². The van der Waals surface area contributed by atoms with Crippen molar-refractivity contribution in [1.82, 2.24) is 4.90 Å². The highest BCUT2D eigenvalue weighted by Crippen LogP contribution is 2.38. The molecule has 2 N–H and O–H groups in total. The van der Waals surface area contributed by atoms with E-state index in [4.69, 9.17) is 5.84 Å². The van der Waals surface area contributed by atoms with Crippen molar-refractivity contribution >= 4 is 11.6 Å².